The van der Waals surface area contributed by atoms with E-state index >= 15 is 0 Å². The number of hydrogen-bond acceptors (Lipinski definition) is 2. The van der Waals surface area contributed by atoms with E-state index in [-0.39, 0.29) is 5.75 Å². The van der Waals surface area contributed by atoms with Crippen molar-refractivity contribution in [3.05, 3.63) is 76.9 Å². The molecule has 0 aliphatic carbocycles. The molecule has 26 heavy (non-hydrogen) atoms. The molecule has 0 fully saturated rings. The van der Waals surface area contributed by atoms with E-state index in [1.54, 1.807) is 6.07 Å². The summed E-state index contributed by atoms with van der Waals surface area (Å²) in [6.45, 7) is 2.08. The molecule has 2 aromatic carbocycles. The second-order valence-electron chi connectivity index (χ2n) is 6.55. The summed E-state index contributed by atoms with van der Waals surface area (Å²) < 4.78 is 3.13. The Balaban J connectivity index is 2.03. The van der Waals surface area contributed by atoms with Crippen LogP contribution in [0, 0.1) is 6.92 Å². The zero-order valence-electron chi connectivity index (χ0n) is 14.1. The SMILES string of the molecule is Cc1ccc(-c2nc3cccc(O)c3c3cc4ccc(Br)cn4c23)cc1. The van der Waals surface area contributed by atoms with Crippen molar-refractivity contribution in [2.75, 3.05) is 0 Å². The van der Waals surface area contributed by atoms with Crippen LogP contribution in [0.4, 0.5) is 0 Å². The molecule has 126 valence electrons. The van der Waals surface area contributed by atoms with Crippen LogP contribution in [-0.2, 0) is 0 Å². The van der Waals surface area contributed by atoms with Gasteiger partial charge in [-0.05, 0) is 53.2 Å². The summed E-state index contributed by atoms with van der Waals surface area (Å²) in [6.07, 6.45) is 2.04. The van der Waals surface area contributed by atoms with Crippen LogP contribution in [0.15, 0.2) is 71.3 Å². The van der Waals surface area contributed by atoms with Crippen molar-refractivity contribution < 1.29 is 5.11 Å². The number of fused-ring (bicyclic) bond motifs is 5. The van der Waals surface area contributed by atoms with Crippen LogP contribution in [0.5, 0.6) is 5.75 Å². The Kier molecular flexibility index (Phi) is 3.31. The molecule has 0 radical (unpaired) electrons. The molecule has 5 rings (SSSR count). The van der Waals surface area contributed by atoms with Crippen molar-refractivity contribution in [1.82, 2.24) is 9.38 Å². The number of benzene rings is 2. The predicted molar refractivity (Wildman–Crippen MR) is 110 cm³/mol. The molecule has 0 saturated carbocycles. The molecule has 0 saturated heterocycles. The van der Waals surface area contributed by atoms with Gasteiger partial charge in [0.2, 0.25) is 0 Å². The highest BCUT2D eigenvalue weighted by atomic mass is 79.9. The third-order valence-corrected chi connectivity index (χ3v) is 5.27. The van der Waals surface area contributed by atoms with E-state index in [9.17, 15) is 5.11 Å². The zero-order valence-corrected chi connectivity index (χ0v) is 15.7. The van der Waals surface area contributed by atoms with E-state index in [0.717, 1.165) is 43.1 Å². The summed E-state index contributed by atoms with van der Waals surface area (Å²) in [5.74, 6) is 0.255. The van der Waals surface area contributed by atoms with Gasteiger partial charge in [-0.1, -0.05) is 35.9 Å². The minimum atomic E-state index is 0.255. The van der Waals surface area contributed by atoms with Crippen molar-refractivity contribution >= 4 is 43.3 Å². The number of aromatic hydroxyl groups is 1. The second kappa shape index (κ2) is 5.58. The van der Waals surface area contributed by atoms with Crippen molar-refractivity contribution in [2.24, 2.45) is 0 Å². The van der Waals surface area contributed by atoms with Gasteiger partial charge in [-0.15, -0.1) is 0 Å². The fraction of sp³-hybridized carbons (Fsp3) is 0.0455. The Labute approximate surface area is 158 Å². The number of rotatable bonds is 1. The van der Waals surface area contributed by atoms with Gasteiger partial charge in [-0.3, -0.25) is 0 Å². The molecule has 0 atom stereocenters. The van der Waals surface area contributed by atoms with Gasteiger partial charge in [-0.2, -0.15) is 0 Å². The molecule has 0 spiro atoms. The number of nitrogens with zero attached hydrogens (tertiary/aromatic N) is 2. The quantitative estimate of drug-likeness (QED) is 0.368. The molecule has 3 nitrogen and oxygen atoms in total. The molecule has 3 aromatic heterocycles. The first kappa shape index (κ1) is 15.4. The Morgan fingerprint density at radius 3 is 2.62 bits per heavy atom. The highest BCUT2D eigenvalue weighted by Gasteiger charge is 2.17. The van der Waals surface area contributed by atoms with Gasteiger partial charge < -0.3 is 9.51 Å². The highest BCUT2D eigenvalue weighted by molar-refractivity contribution is 9.10. The van der Waals surface area contributed by atoms with Crippen LogP contribution in [0.2, 0.25) is 0 Å². The van der Waals surface area contributed by atoms with E-state index in [1.807, 2.05) is 24.4 Å². The maximum Gasteiger partial charge on any atom is 0.125 e. The smallest absolute Gasteiger partial charge is 0.125 e. The first-order valence-corrected chi connectivity index (χ1v) is 9.20. The number of aryl methyl sites for hydroxylation is 1. The Morgan fingerprint density at radius 2 is 1.81 bits per heavy atom. The lowest BCUT2D eigenvalue weighted by molar-refractivity contribution is 0.482. The Bertz CT molecular complexity index is 1300. The van der Waals surface area contributed by atoms with Crippen molar-refractivity contribution in [3.8, 4) is 17.0 Å². The largest absolute Gasteiger partial charge is 0.507 e. The normalized spacial score (nSPS) is 11.6. The lowest BCUT2D eigenvalue weighted by Crippen LogP contribution is -1.92. The minimum Gasteiger partial charge on any atom is -0.507 e. The van der Waals surface area contributed by atoms with Gasteiger partial charge in [0.05, 0.1) is 22.1 Å². The van der Waals surface area contributed by atoms with Gasteiger partial charge in [0, 0.05) is 27.1 Å². The maximum atomic E-state index is 10.5. The van der Waals surface area contributed by atoms with Crippen LogP contribution in [-0.4, -0.2) is 14.5 Å². The summed E-state index contributed by atoms with van der Waals surface area (Å²) in [7, 11) is 0. The predicted octanol–water partition coefficient (Wildman–Crippen LogP) is 6.08. The van der Waals surface area contributed by atoms with E-state index in [4.69, 9.17) is 4.98 Å². The fourth-order valence-corrected chi connectivity index (χ4v) is 3.90. The lowest BCUT2D eigenvalue weighted by atomic mass is 10.0. The van der Waals surface area contributed by atoms with Crippen LogP contribution in [0.1, 0.15) is 5.56 Å². The van der Waals surface area contributed by atoms with Crippen molar-refractivity contribution in [1.29, 1.82) is 0 Å². The number of phenolic OH excluding ortho intramolecular Hbond substituents is 1. The van der Waals surface area contributed by atoms with Crippen LogP contribution in [0.25, 0.3) is 38.6 Å². The Morgan fingerprint density at radius 1 is 1.00 bits per heavy atom. The molecule has 0 aliphatic rings. The van der Waals surface area contributed by atoms with E-state index in [1.165, 1.54) is 5.56 Å². The minimum absolute atomic E-state index is 0.255. The van der Waals surface area contributed by atoms with Gasteiger partial charge in [-0.25, -0.2) is 4.98 Å². The third kappa shape index (κ3) is 2.22. The van der Waals surface area contributed by atoms with Gasteiger partial charge in [0.25, 0.3) is 0 Å². The summed E-state index contributed by atoms with van der Waals surface area (Å²) in [5.41, 5.74) is 6.05. The Hall–Kier alpha value is -2.85. The first-order valence-electron chi connectivity index (χ1n) is 8.41. The molecule has 0 amide bonds. The molecular formula is C22H15BrN2O. The summed E-state index contributed by atoms with van der Waals surface area (Å²) in [6, 6.07) is 20.1. The molecule has 4 heteroatoms. The lowest BCUT2D eigenvalue weighted by Gasteiger charge is -2.10. The summed E-state index contributed by atoms with van der Waals surface area (Å²) >= 11 is 3.57. The van der Waals surface area contributed by atoms with Crippen LogP contribution >= 0.6 is 15.9 Å². The molecule has 3 heterocycles. The first-order chi connectivity index (χ1) is 12.6. The average Bonchev–Trinajstić information content (AvgIpc) is 3.00. The summed E-state index contributed by atoms with van der Waals surface area (Å²) in [4.78, 5) is 4.92. The topological polar surface area (TPSA) is 37.5 Å². The van der Waals surface area contributed by atoms with E-state index in [0.29, 0.717) is 0 Å². The molecular weight excluding hydrogens is 388 g/mol. The second-order valence-corrected chi connectivity index (χ2v) is 7.46. The van der Waals surface area contributed by atoms with E-state index < -0.39 is 0 Å². The molecule has 0 aliphatic heterocycles. The molecule has 5 aromatic rings. The summed E-state index contributed by atoms with van der Waals surface area (Å²) in [5, 5.41) is 12.3. The highest BCUT2D eigenvalue weighted by Crippen LogP contribution is 2.38. The fourth-order valence-electron chi connectivity index (χ4n) is 3.56. The number of phenols is 1. The maximum absolute atomic E-state index is 10.5. The molecule has 0 bridgehead atoms. The van der Waals surface area contributed by atoms with Gasteiger partial charge in [0.1, 0.15) is 5.75 Å². The standard InChI is InChI=1S/C22H15BrN2O/c1-13-5-7-14(8-6-13)21-22-17(11-16-10-9-15(23)12-25(16)22)20-18(24-21)3-2-4-19(20)26/h2-12,26H,1H3. The number of halogens is 1. The van der Waals surface area contributed by atoms with Gasteiger partial charge in [0.15, 0.2) is 0 Å². The van der Waals surface area contributed by atoms with Crippen molar-refractivity contribution in [2.45, 2.75) is 6.92 Å². The average molecular weight is 403 g/mol. The number of hydrogen-bond donors (Lipinski definition) is 1. The molecule has 1 N–H and O–H groups in total. The van der Waals surface area contributed by atoms with E-state index in [2.05, 4.69) is 63.7 Å². The monoisotopic (exact) mass is 402 g/mol. The third-order valence-electron chi connectivity index (χ3n) is 4.80. The van der Waals surface area contributed by atoms with Crippen molar-refractivity contribution in [3.63, 3.8) is 0 Å². The number of aromatic nitrogens is 2. The van der Waals surface area contributed by atoms with Crippen LogP contribution in [0.3, 0.4) is 0 Å². The molecule has 0 unspecified atom stereocenters. The van der Waals surface area contributed by atoms with Gasteiger partial charge >= 0.3 is 0 Å². The van der Waals surface area contributed by atoms with Crippen LogP contribution < -0.4 is 0 Å². The number of pyridine rings is 2. The zero-order chi connectivity index (χ0) is 17.8.